The van der Waals surface area contributed by atoms with Crippen LogP contribution in [0.5, 0.6) is 0 Å². The smallest absolute Gasteiger partial charge is 0.251 e. The number of hydrogen-bond donors (Lipinski definition) is 2. The van der Waals surface area contributed by atoms with Crippen LogP contribution < -0.4 is 5.32 Å². The Kier molecular flexibility index (Phi) is 3.54. The van der Waals surface area contributed by atoms with Gasteiger partial charge in [-0.3, -0.25) is 4.79 Å². The molecule has 1 unspecified atom stereocenters. The highest BCUT2D eigenvalue weighted by Gasteiger charge is 2.14. The number of fused-ring (bicyclic) bond motifs is 2. The molecule has 0 bridgehead atoms. The molecule has 0 spiro atoms. The van der Waals surface area contributed by atoms with Crippen molar-refractivity contribution in [2.45, 2.75) is 13.0 Å². The molecule has 0 saturated carbocycles. The molecule has 3 aromatic carbocycles. The Balaban J connectivity index is 1.62. The molecule has 3 heteroatoms. The summed E-state index contributed by atoms with van der Waals surface area (Å²) in [5.74, 6) is -0.0630. The standard InChI is InChI=1S/C21H18N2O/c1-14(18-8-4-6-15-5-2-3-7-19(15)18)23-21(24)17-10-9-16-11-12-22-20(16)13-17/h2-14,22H,1H3,(H,23,24). The normalized spacial score (nSPS) is 12.4. The fourth-order valence-corrected chi connectivity index (χ4v) is 3.17. The number of rotatable bonds is 3. The molecular weight excluding hydrogens is 296 g/mol. The van der Waals surface area contributed by atoms with Crippen LogP contribution in [0.4, 0.5) is 0 Å². The van der Waals surface area contributed by atoms with E-state index in [-0.39, 0.29) is 11.9 Å². The van der Waals surface area contributed by atoms with Crippen LogP contribution >= 0.6 is 0 Å². The zero-order valence-corrected chi connectivity index (χ0v) is 13.4. The molecule has 118 valence electrons. The van der Waals surface area contributed by atoms with Crippen LogP contribution in [0.1, 0.15) is 28.9 Å². The molecule has 1 amide bonds. The van der Waals surface area contributed by atoms with Crippen molar-refractivity contribution in [3.8, 4) is 0 Å². The molecule has 24 heavy (non-hydrogen) atoms. The van der Waals surface area contributed by atoms with Gasteiger partial charge in [-0.05, 0) is 46.8 Å². The Hall–Kier alpha value is -3.07. The third-order valence-electron chi connectivity index (χ3n) is 4.45. The van der Waals surface area contributed by atoms with Crippen molar-refractivity contribution >= 4 is 27.6 Å². The minimum atomic E-state index is -0.0667. The number of aromatic amines is 1. The molecule has 1 heterocycles. The fourth-order valence-electron chi connectivity index (χ4n) is 3.17. The summed E-state index contributed by atoms with van der Waals surface area (Å²) in [7, 11) is 0. The molecule has 1 aromatic heterocycles. The van der Waals surface area contributed by atoms with Crippen molar-refractivity contribution in [2.75, 3.05) is 0 Å². The lowest BCUT2D eigenvalue weighted by molar-refractivity contribution is 0.0940. The Morgan fingerprint density at radius 1 is 0.958 bits per heavy atom. The highest BCUT2D eigenvalue weighted by atomic mass is 16.1. The monoisotopic (exact) mass is 314 g/mol. The molecule has 2 N–H and O–H groups in total. The summed E-state index contributed by atoms with van der Waals surface area (Å²) < 4.78 is 0. The number of carbonyl (C=O) groups excluding carboxylic acids is 1. The third-order valence-corrected chi connectivity index (χ3v) is 4.45. The SMILES string of the molecule is CC(NC(=O)c1ccc2cc[nH]c2c1)c1cccc2ccccc12. The Morgan fingerprint density at radius 2 is 1.79 bits per heavy atom. The fraction of sp³-hybridized carbons (Fsp3) is 0.0952. The summed E-state index contributed by atoms with van der Waals surface area (Å²) in [4.78, 5) is 15.7. The molecule has 0 aliphatic carbocycles. The van der Waals surface area contributed by atoms with E-state index in [0.29, 0.717) is 5.56 Å². The van der Waals surface area contributed by atoms with E-state index in [9.17, 15) is 4.79 Å². The van der Waals surface area contributed by atoms with E-state index in [1.165, 1.54) is 10.8 Å². The van der Waals surface area contributed by atoms with Crippen LogP contribution in [0.2, 0.25) is 0 Å². The average molecular weight is 314 g/mol. The minimum Gasteiger partial charge on any atom is -0.361 e. The number of amides is 1. The average Bonchev–Trinajstić information content (AvgIpc) is 3.08. The van der Waals surface area contributed by atoms with E-state index in [2.05, 4.69) is 34.6 Å². The quantitative estimate of drug-likeness (QED) is 0.560. The first-order valence-corrected chi connectivity index (χ1v) is 8.08. The van der Waals surface area contributed by atoms with Gasteiger partial charge in [-0.1, -0.05) is 48.5 Å². The first-order valence-electron chi connectivity index (χ1n) is 8.08. The summed E-state index contributed by atoms with van der Waals surface area (Å²) >= 11 is 0. The zero-order valence-electron chi connectivity index (χ0n) is 13.4. The van der Waals surface area contributed by atoms with Gasteiger partial charge in [0.25, 0.3) is 5.91 Å². The molecule has 4 aromatic rings. The molecule has 3 nitrogen and oxygen atoms in total. The molecule has 0 aliphatic heterocycles. The van der Waals surface area contributed by atoms with Gasteiger partial charge in [-0.25, -0.2) is 0 Å². The van der Waals surface area contributed by atoms with E-state index in [1.807, 2.05) is 55.6 Å². The first-order chi connectivity index (χ1) is 11.7. The van der Waals surface area contributed by atoms with E-state index in [0.717, 1.165) is 16.5 Å². The number of aromatic nitrogens is 1. The van der Waals surface area contributed by atoms with E-state index < -0.39 is 0 Å². The summed E-state index contributed by atoms with van der Waals surface area (Å²) in [6.07, 6.45) is 1.88. The first kappa shape index (κ1) is 14.5. The number of carbonyl (C=O) groups is 1. The topological polar surface area (TPSA) is 44.9 Å². The second-order valence-electron chi connectivity index (χ2n) is 6.04. The lowest BCUT2D eigenvalue weighted by atomic mass is 9.99. The third kappa shape index (κ3) is 2.54. The maximum atomic E-state index is 12.6. The number of H-pyrrole nitrogens is 1. The summed E-state index contributed by atoms with van der Waals surface area (Å²) in [6, 6.07) is 22.1. The molecule has 0 fully saturated rings. The predicted octanol–water partition coefficient (Wildman–Crippen LogP) is 4.81. The molecule has 0 saturated heterocycles. The van der Waals surface area contributed by atoms with Gasteiger partial charge in [0.2, 0.25) is 0 Å². The van der Waals surface area contributed by atoms with Crippen LogP contribution in [0.15, 0.2) is 72.9 Å². The van der Waals surface area contributed by atoms with Gasteiger partial charge in [0.1, 0.15) is 0 Å². The second-order valence-corrected chi connectivity index (χ2v) is 6.04. The van der Waals surface area contributed by atoms with Crippen molar-refractivity contribution in [1.29, 1.82) is 0 Å². The minimum absolute atomic E-state index is 0.0630. The van der Waals surface area contributed by atoms with Crippen LogP contribution in [0.3, 0.4) is 0 Å². The van der Waals surface area contributed by atoms with Crippen molar-refractivity contribution in [1.82, 2.24) is 10.3 Å². The lowest BCUT2D eigenvalue weighted by Crippen LogP contribution is -2.26. The molecule has 4 rings (SSSR count). The molecule has 1 atom stereocenters. The van der Waals surface area contributed by atoms with Gasteiger partial charge in [0, 0.05) is 17.3 Å². The largest absolute Gasteiger partial charge is 0.361 e. The van der Waals surface area contributed by atoms with Crippen LogP contribution in [-0.4, -0.2) is 10.9 Å². The van der Waals surface area contributed by atoms with E-state index in [4.69, 9.17) is 0 Å². The van der Waals surface area contributed by atoms with Crippen LogP contribution in [0.25, 0.3) is 21.7 Å². The van der Waals surface area contributed by atoms with E-state index in [1.54, 1.807) is 0 Å². The van der Waals surface area contributed by atoms with Gasteiger partial charge in [-0.15, -0.1) is 0 Å². The summed E-state index contributed by atoms with van der Waals surface area (Å²) in [5, 5.41) is 6.57. The van der Waals surface area contributed by atoms with Crippen molar-refractivity contribution in [3.05, 3.63) is 84.1 Å². The second kappa shape index (κ2) is 5.85. The van der Waals surface area contributed by atoms with Crippen molar-refractivity contribution < 1.29 is 4.79 Å². The number of benzene rings is 3. The maximum Gasteiger partial charge on any atom is 0.251 e. The highest BCUT2D eigenvalue weighted by Crippen LogP contribution is 2.24. The Morgan fingerprint density at radius 3 is 2.71 bits per heavy atom. The Labute approximate surface area is 140 Å². The lowest BCUT2D eigenvalue weighted by Gasteiger charge is -2.17. The predicted molar refractivity (Wildman–Crippen MR) is 98.1 cm³/mol. The maximum absolute atomic E-state index is 12.6. The van der Waals surface area contributed by atoms with Gasteiger partial charge >= 0.3 is 0 Å². The molecular formula is C21H18N2O. The summed E-state index contributed by atoms with van der Waals surface area (Å²) in [6.45, 7) is 2.02. The van der Waals surface area contributed by atoms with Gasteiger partial charge in [0.15, 0.2) is 0 Å². The van der Waals surface area contributed by atoms with Crippen molar-refractivity contribution in [3.63, 3.8) is 0 Å². The molecule has 0 aliphatic rings. The van der Waals surface area contributed by atoms with Gasteiger partial charge in [-0.2, -0.15) is 0 Å². The summed E-state index contributed by atoms with van der Waals surface area (Å²) in [5.41, 5.74) is 2.76. The number of hydrogen-bond acceptors (Lipinski definition) is 1. The zero-order chi connectivity index (χ0) is 16.5. The van der Waals surface area contributed by atoms with Crippen LogP contribution in [-0.2, 0) is 0 Å². The van der Waals surface area contributed by atoms with Gasteiger partial charge < -0.3 is 10.3 Å². The van der Waals surface area contributed by atoms with Crippen molar-refractivity contribution in [2.24, 2.45) is 0 Å². The number of nitrogens with one attached hydrogen (secondary N) is 2. The molecule has 0 radical (unpaired) electrons. The highest BCUT2D eigenvalue weighted by molar-refractivity contribution is 5.98. The Bertz CT molecular complexity index is 1030. The van der Waals surface area contributed by atoms with Crippen LogP contribution in [0, 0.1) is 0 Å². The van der Waals surface area contributed by atoms with Gasteiger partial charge in [0.05, 0.1) is 6.04 Å². The van der Waals surface area contributed by atoms with E-state index >= 15 is 0 Å².